The zero-order valence-electron chi connectivity index (χ0n) is 34.8. The third-order valence-electron chi connectivity index (χ3n) is 13.9. The lowest BCUT2D eigenvalue weighted by Crippen LogP contribution is -1.94. The molecule has 2 heterocycles. The first-order chi connectivity index (χ1) is 31.7. The van der Waals surface area contributed by atoms with Gasteiger partial charge in [-0.2, -0.15) is 0 Å². The Bertz CT molecular complexity index is 4040. The molecule has 0 saturated heterocycles. The van der Waals surface area contributed by atoms with E-state index < -0.39 is 0 Å². The average molecular weight is 811 g/mol. The minimum Gasteiger partial charge on any atom is -0.309 e. The Labute approximate surface area is 370 Å². The molecule has 0 unspecified atom stereocenters. The highest BCUT2D eigenvalue weighted by molar-refractivity contribution is 6.24. The normalized spacial score (nSPS) is 12.1. The lowest BCUT2D eigenvalue weighted by atomic mass is 9.96. The summed E-state index contributed by atoms with van der Waals surface area (Å²) in [5.41, 5.74) is 19.7. The Morgan fingerprint density at radius 1 is 0.219 bits per heavy atom. The van der Waals surface area contributed by atoms with E-state index in [-0.39, 0.29) is 0 Å². The molecule has 0 fully saturated rings. The second-order valence-corrected chi connectivity index (χ2v) is 17.3. The maximum absolute atomic E-state index is 2.46. The molecule has 2 heteroatoms. The van der Waals surface area contributed by atoms with Crippen molar-refractivity contribution in [1.82, 2.24) is 9.13 Å². The summed E-state index contributed by atoms with van der Waals surface area (Å²) in [7, 11) is 0. The Balaban J connectivity index is 0.854. The fourth-order valence-corrected chi connectivity index (χ4v) is 10.9. The quantitative estimate of drug-likeness (QED) is 0.153. The Morgan fingerprint density at radius 2 is 0.703 bits per heavy atom. The average Bonchev–Trinajstić information content (AvgIpc) is 4.00. The van der Waals surface area contributed by atoms with E-state index in [2.05, 4.69) is 240 Å². The van der Waals surface area contributed by atoms with Gasteiger partial charge in [-0.25, -0.2) is 0 Å². The van der Waals surface area contributed by atoms with Crippen LogP contribution in [-0.4, -0.2) is 9.13 Å². The van der Waals surface area contributed by atoms with Gasteiger partial charge in [0.1, 0.15) is 0 Å². The molecule has 0 saturated carbocycles. The fraction of sp³-hybridized carbons (Fsp3) is 0. The van der Waals surface area contributed by atoms with E-state index in [0.29, 0.717) is 0 Å². The van der Waals surface area contributed by atoms with Crippen LogP contribution in [0.1, 0.15) is 0 Å². The SMILES string of the molecule is c1ccc(-c2ccc(-c3ccc(-n4c5ccccc5c5cc(-c6ccc7c(c6)c6ccccc6n7-c6ccc7c(c6)-c6cc8ccccc8c8cccc-7c68)ccc54)cc3)cc2)cc1. The van der Waals surface area contributed by atoms with E-state index in [4.69, 9.17) is 0 Å². The predicted octanol–water partition coefficient (Wildman–Crippen LogP) is 16.8. The third kappa shape index (κ3) is 5.14. The number of hydrogen-bond donors (Lipinski definition) is 0. The van der Waals surface area contributed by atoms with Crippen molar-refractivity contribution in [3.05, 3.63) is 231 Å². The number of para-hydroxylation sites is 2. The maximum Gasteiger partial charge on any atom is 0.0541 e. The molecular formula is C62H38N2. The Morgan fingerprint density at radius 3 is 1.36 bits per heavy atom. The van der Waals surface area contributed by atoms with E-state index in [1.807, 2.05) is 0 Å². The summed E-state index contributed by atoms with van der Waals surface area (Å²) in [6, 6.07) is 85.2. The van der Waals surface area contributed by atoms with Crippen LogP contribution in [0, 0.1) is 0 Å². The summed E-state index contributed by atoms with van der Waals surface area (Å²) < 4.78 is 4.86. The van der Waals surface area contributed by atoms with Crippen molar-refractivity contribution >= 4 is 65.2 Å². The van der Waals surface area contributed by atoms with Gasteiger partial charge in [-0.05, 0) is 144 Å². The standard InChI is InChI=1S/C62H38N2/c1-2-11-39(12-3-1)40-21-23-41(24-22-40)42-25-29-46(30-26-42)63-58-19-8-6-15-50(58)55-35-43(27-33-60(55)63)44-28-34-61-56(36-44)51-16-7-9-20-59(51)64(61)47-31-32-49-53-18-10-17-52-48-14-5-4-13-45(48)37-57(62(52)53)54(49)38-47/h1-38H. The van der Waals surface area contributed by atoms with E-state index >= 15 is 0 Å². The van der Waals surface area contributed by atoms with Gasteiger partial charge in [-0.1, -0.05) is 164 Å². The molecule has 0 N–H and O–H groups in total. The first kappa shape index (κ1) is 35.2. The van der Waals surface area contributed by atoms with Crippen molar-refractivity contribution in [2.24, 2.45) is 0 Å². The third-order valence-corrected chi connectivity index (χ3v) is 13.9. The summed E-state index contributed by atoms with van der Waals surface area (Å²) in [5, 5.41) is 10.3. The molecule has 2 nitrogen and oxygen atoms in total. The smallest absolute Gasteiger partial charge is 0.0541 e. The molecule has 64 heavy (non-hydrogen) atoms. The molecule has 0 amide bonds. The van der Waals surface area contributed by atoms with Crippen molar-refractivity contribution in [3.63, 3.8) is 0 Å². The fourth-order valence-electron chi connectivity index (χ4n) is 10.9. The molecule has 0 atom stereocenters. The molecule has 14 rings (SSSR count). The van der Waals surface area contributed by atoms with Crippen LogP contribution in [-0.2, 0) is 0 Å². The Hall–Kier alpha value is -8.46. The molecule has 296 valence electrons. The first-order valence-corrected chi connectivity index (χ1v) is 22.2. The molecule has 0 radical (unpaired) electrons. The van der Waals surface area contributed by atoms with Crippen molar-refractivity contribution in [2.75, 3.05) is 0 Å². The zero-order valence-corrected chi connectivity index (χ0v) is 34.8. The van der Waals surface area contributed by atoms with E-state index in [9.17, 15) is 0 Å². The number of aromatic nitrogens is 2. The van der Waals surface area contributed by atoms with Crippen LogP contribution in [0.5, 0.6) is 0 Å². The molecule has 0 spiro atoms. The van der Waals surface area contributed by atoms with Gasteiger partial charge in [-0.3, -0.25) is 0 Å². The molecule has 11 aromatic carbocycles. The van der Waals surface area contributed by atoms with E-state index in [0.717, 1.165) is 5.69 Å². The van der Waals surface area contributed by atoms with Crippen molar-refractivity contribution in [1.29, 1.82) is 0 Å². The molecule has 0 aliphatic heterocycles. The number of benzene rings is 11. The van der Waals surface area contributed by atoms with Gasteiger partial charge in [0.25, 0.3) is 0 Å². The highest BCUT2D eigenvalue weighted by Crippen LogP contribution is 2.50. The van der Waals surface area contributed by atoms with Crippen LogP contribution >= 0.6 is 0 Å². The maximum atomic E-state index is 2.46. The summed E-state index contributed by atoms with van der Waals surface area (Å²) in [5.74, 6) is 0. The van der Waals surface area contributed by atoms with Gasteiger partial charge >= 0.3 is 0 Å². The molecule has 1 aliphatic rings. The number of rotatable bonds is 5. The van der Waals surface area contributed by atoms with Crippen LogP contribution in [0.25, 0.3) is 132 Å². The van der Waals surface area contributed by atoms with Crippen molar-refractivity contribution < 1.29 is 0 Å². The molecule has 13 aromatic rings. The van der Waals surface area contributed by atoms with Crippen LogP contribution in [0.15, 0.2) is 231 Å². The lowest BCUT2D eigenvalue weighted by molar-refractivity contribution is 1.18. The van der Waals surface area contributed by atoms with Crippen LogP contribution < -0.4 is 0 Å². The second kappa shape index (κ2) is 13.5. The van der Waals surface area contributed by atoms with Gasteiger partial charge < -0.3 is 9.13 Å². The largest absolute Gasteiger partial charge is 0.309 e. The highest BCUT2D eigenvalue weighted by atomic mass is 15.0. The molecular weight excluding hydrogens is 773 g/mol. The molecule has 2 aromatic heterocycles. The minimum atomic E-state index is 1.15. The van der Waals surface area contributed by atoms with Crippen molar-refractivity contribution in [2.45, 2.75) is 0 Å². The van der Waals surface area contributed by atoms with Gasteiger partial charge in [0, 0.05) is 32.9 Å². The first-order valence-electron chi connectivity index (χ1n) is 22.2. The summed E-state index contributed by atoms with van der Waals surface area (Å²) >= 11 is 0. The van der Waals surface area contributed by atoms with Crippen LogP contribution in [0.3, 0.4) is 0 Å². The van der Waals surface area contributed by atoms with Crippen molar-refractivity contribution in [3.8, 4) is 67.0 Å². The number of nitrogens with zero attached hydrogens (tertiary/aromatic N) is 2. The van der Waals surface area contributed by atoms with E-state index in [1.165, 1.54) is 126 Å². The van der Waals surface area contributed by atoms with E-state index in [1.54, 1.807) is 0 Å². The summed E-state index contributed by atoms with van der Waals surface area (Å²) in [4.78, 5) is 0. The van der Waals surface area contributed by atoms with Gasteiger partial charge in [0.15, 0.2) is 0 Å². The lowest BCUT2D eigenvalue weighted by Gasteiger charge is -2.12. The van der Waals surface area contributed by atoms with Gasteiger partial charge in [0.2, 0.25) is 0 Å². The predicted molar refractivity (Wildman–Crippen MR) is 271 cm³/mol. The minimum absolute atomic E-state index is 1.15. The number of fused-ring (bicyclic) bond motifs is 11. The zero-order chi connectivity index (χ0) is 41.9. The molecule has 0 bridgehead atoms. The number of hydrogen-bond acceptors (Lipinski definition) is 0. The Kier molecular flexibility index (Phi) is 7.43. The van der Waals surface area contributed by atoms with Crippen LogP contribution in [0.4, 0.5) is 0 Å². The highest BCUT2D eigenvalue weighted by Gasteiger charge is 2.24. The van der Waals surface area contributed by atoms with Crippen LogP contribution in [0.2, 0.25) is 0 Å². The second-order valence-electron chi connectivity index (χ2n) is 17.3. The van der Waals surface area contributed by atoms with Gasteiger partial charge in [-0.15, -0.1) is 0 Å². The summed E-state index contributed by atoms with van der Waals surface area (Å²) in [6.45, 7) is 0. The monoisotopic (exact) mass is 810 g/mol. The topological polar surface area (TPSA) is 9.86 Å². The summed E-state index contributed by atoms with van der Waals surface area (Å²) in [6.07, 6.45) is 0. The van der Waals surface area contributed by atoms with Gasteiger partial charge in [0.05, 0.1) is 22.1 Å². The molecule has 1 aliphatic carbocycles.